The minimum absolute atomic E-state index is 0. The molecule has 1 saturated carbocycles. The summed E-state index contributed by atoms with van der Waals surface area (Å²) in [5, 5.41) is 2.99. The number of likely N-dealkylation sites (N-methyl/N-ethyl adjacent to an activating group) is 1. The molecule has 0 atom stereocenters. The van der Waals surface area contributed by atoms with Gasteiger partial charge in [0.2, 0.25) is 5.91 Å². The molecule has 129 valence electrons. The molecule has 0 saturated heterocycles. The third-order valence-electron chi connectivity index (χ3n) is 4.67. The minimum Gasteiger partial charge on any atom is -0.462 e. The Kier molecular flexibility index (Phi) is 7.57. The zero-order valence-electron chi connectivity index (χ0n) is 15.2. The zero-order chi connectivity index (χ0) is 17.2. The molecule has 0 heterocycles. The van der Waals surface area contributed by atoms with Crippen molar-refractivity contribution in [1.82, 2.24) is 4.90 Å². The first-order chi connectivity index (χ1) is 10.8. The third kappa shape index (κ3) is 4.06. The van der Waals surface area contributed by atoms with Gasteiger partial charge in [0.15, 0.2) is 0 Å². The van der Waals surface area contributed by atoms with Crippen LogP contribution in [0.4, 0.5) is 5.69 Å². The molecule has 24 heavy (non-hydrogen) atoms. The normalized spacial score (nSPS) is 15.2. The number of carbonyl (C=O) groups is 2. The molecule has 5 nitrogen and oxygen atoms in total. The van der Waals surface area contributed by atoms with E-state index in [1.165, 1.54) is 0 Å². The quantitative estimate of drug-likeness (QED) is 0.763. The summed E-state index contributed by atoms with van der Waals surface area (Å²) in [6.45, 7) is 5.90. The van der Waals surface area contributed by atoms with Crippen LogP contribution in [0, 0.1) is 13.8 Å². The Bertz CT molecular complexity index is 625. The molecule has 1 amide bonds. The van der Waals surface area contributed by atoms with Gasteiger partial charge in [0.05, 0.1) is 17.9 Å². The molecule has 1 aliphatic carbocycles. The number of esters is 1. The standard InChI is InChI=1S/C18H26N2O3.Y/c1-6-23-16(21)14-11-12(2)10-13(3)15(14)19-17(22)18(20(4)5)8-7-9-18;/h10-11H,6-9H2,1-5H3,(H,19,22);. The van der Waals surface area contributed by atoms with E-state index in [1.807, 2.05) is 38.9 Å². The number of benzene rings is 1. The van der Waals surface area contributed by atoms with Crippen LogP contribution in [0.15, 0.2) is 12.1 Å². The maximum atomic E-state index is 12.8. The van der Waals surface area contributed by atoms with Crippen LogP contribution >= 0.6 is 0 Å². The van der Waals surface area contributed by atoms with Gasteiger partial charge in [-0.05, 0) is 71.3 Å². The number of hydrogen-bond donors (Lipinski definition) is 1. The summed E-state index contributed by atoms with van der Waals surface area (Å²) in [6, 6.07) is 3.73. The van der Waals surface area contributed by atoms with Crippen molar-refractivity contribution in [3.8, 4) is 0 Å². The number of hydrogen-bond acceptors (Lipinski definition) is 4. The largest absolute Gasteiger partial charge is 0.462 e. The summed E-state index contributed by atoms with van der Waals surface area (Å²) in [5.41, 5.74) is 2.35. The Morgan fingerprint density at radius 2 is 1.88 bits per heavy atom. The van der Waals surface area contributed by atoms with E-state index in [9.17, 15) is 9.59 Å². The average Bonchev–Trinajstić information content (AvgIpc) is 2.39. The SMILES string of the molecule is CCOC(=O)c1cc(C)cc(C)c1NC(=O)C1(N(C)C)CCC1.[Y]. The molecule has 1 N–H and O–H groups in total. The fourth-order valence-electron chi connectivity index (χ4n) is 3.12. The molecular weight excluding hydrogens is 381 g/mol. The average molecular weight is 407 g/mol. The number of ether oxygens (including phenoxy) is 1. The summed E-state index contributed by atoms with van der Waals surface area (Å²) < 4.78 is 5.13. The van der Waals surface area contributed by atoms with Crippen molar-refractivity contribution < 1.29 is 47.0 Å². The van der Waals surface area contributed by atoms with Crippen LogP contribution in [0.5, 0.6) is 0 Å². The predicted octanol–water partition coefficient (Wildman–Crippen LogP) is 2.90. The van der Waals surface area contributed by atoms with E-state index in [2.05, 4.69) is 5.32 Å². The van der Waals surface area contributed by atoms with Crippen LogP contribution in [-0.2, 0) is 42.2 Å². The minimum atomic E-state index is -0.469. The second kappa shape index (κ2) is 8.55. The monoisotopic (exact) mass is 407 g/mol. The van der Waals surface area contributed by atoms with Gasteiger partial charge in [-0.25, -0.2) is 4.79 Å². The van der Waals surface area contributed by atoms with Gasteiger partial charge in [-0.1, -0.05) is 6.07 Å². The summed E-state index contributed by atoms with van der Waals surface area (Å²) in [4.78, 5) is 27.0. The molecule has 0 aromatic heterocycles. The van der Waals surface area contributed by atoms with Crippen molar-refractivity contribution in [2.45, 2.75) is 45.6 Å². The van der Waals surface area contributed by atoms with E-state index in [-0.39, 0.29) is 38.6 Å². The molecule has 0 bridgehead atoms. The molecule has 0 spiro atoms. The van der Waals surface area contributed by atoms with Gasteiger partial charge in [0.25, 0.3) is 0 Å². The molecule has 1 aromatic rings. The first-order valence-electron chi connectivity index (χ1n) is 8.09. The van der Waals surface area contributed by atoms with Gasteiger partial charge in [-0.2, -0.15) is 0 Å². The van der Waals surface area contributed by atoms with Gasteiger partial charge in [0, 0.05) is 32.7 Å². The first-order valence-corrected chi connectivity index (χ1v) is 8.09. The fraction of sp³-hybridized carbons (Fsp3) is 0.556. The Labute approximate surface area is 169 Å². The van der Waals surface area contributed by atoms with Crippen LogP contribution in [0.25, 0.3) is 0 Å². The van der Waals surface area contributed by atoms with E-state index >= 15 is 0 Å². The van der Waals surface area contributed by atoms with Crippen molar-refractivity contribution in [2.75, 3.05) is 26.0 Å². The van der Waals surface area contributed by atoms with Gasteiger partial charge >= 0.3 is 5.97 Å². The summed E-state index contributed by atoms with van der Waals surface area (Å²) in [5.74, 6) is -0.451. The van der Waals surface area contributed by atoms with Crippen LogP contribution < -0.4 is 5.32 Å². The molecule has 6 heteroatoms. The first kappa shape index (κ1) is 21.3. The Morgan fingerprint density at radius 3 is 2.33 bits per heavy atom. The number of anilines is 1. The van der Waals surface area contributed by atoms with Crippen molar-refractivity contribution in [1.29, 1.82) is 0 Å². The van der Waals surface area contributed by atoms with E-state index in [1.54, 1.807) is 13.0 Å². The van der Waals surface area contributed by atoms with Gasteiger partial charge in [0.1, 0.15) is 5.54 Å². The van der Waals surface area contributed by atoms with Crippen molar-refractivity contribution in [2.24, 2.45) is 0 Å². The Balaban J connectivity index is 0.00000288. The predicted molar refractivity (Wildman–Crippen MR) is 90.8 cm³/mol. The molecule has 1 aromatic carbocycles. The second-order valence-electron chi connectivity index (χ2n) is 6.46. The van der Waals surface area contributed by atoms with Crippen LogP contribution in [0.2, 0.25) is 0 Å². The number of nitrogens with zero attached hydrogens (tertiary/aromatic N) is 1. The molecule has 2 rings (SSSR count). The summed E-state index contributed by atoms with van der Waals surface area (Å²) >= 11 is 0. The molecule has 0 unspecified atom stereocenters. The summed E-state index contributed by atoms with van der Waals surface area (Å²) in [6.07, 6.45) is 2.72. The van der Waals surface area contributed by atoms with Crippen molar-refractivity contribution >= 4 is 17.6 Å². The van der Waals surface area contributed by atoms with Gasteiger partial charge < -0.3 is 10.1 Å². The molecule has 1 fully saturated rings. The Morgan fingerprint density at radius 1 is 1.25 bits per heavy atom. The van der Waals surface area contributed by atoms with Crippen LogP contribution in [-0.4, -0.2) is 43.0 Å². The number of rotatable bonds is 5. The summed E-state index contributed by atoms with van der Waals surface area (Å²) in [7, 11) is 3.85. The van der Waals surface area contributed by atoms with Gasteiger partial charge in [-0.3, -0.25) is 9.69 Å². The van der Waals surface area contributed by atoms with Crippen LogP contribution in [0.3, 0.4) is 0 Å². The number of nitrogens with one attached hydrogen (secondary N) is 1. The smallest absolute Gasteiger partial charge is 0.340 e. The number of aryl methyl sites for hydroxylation is 2. The van der Waals surface area contributed by atoms with E-state index in [4.69, 9.17) is 4.74 Å². The number of amides is 1. The maximum absolute atomic E-state index is 12.8. The van der Waals surface area contributed by atoms with Crippen LogP contribution in [0.1, 0.15) is 47.7 Å². The van der Waals surface area contributed by atoms with E-state index in [0.717, 1.165) is 30.4 Å². The molecule has 1 aliphatic rings. The third-order valence-corrected chi connectivity index (χ3v) is 4.67. The van der Waals surface area contributed by atoms with E-state index in [0.29, 0.717) is 17.9 Å². The van der Waals surface area contributed by atoms with Gasteiger partial charge in [-0.15, -0.1) is 0 Å². The second-order valence-corrected chi connectivity index (χ2v) is 6.46. The fourth-order valence-corrected chi connectivity index (χ4v) is 3.12. The molecular formula is C18H26N2O3Y. The zero-order valence-corrected chi connectivity index (χ0v) is 18.1. The molecule has 1 radical (unpaired) electrons. The molecule has 0 aliphatic heterocycles. The van der Waals surface area contributed by atoms with Crippen molar-refractivity contribution in [3.05, 3.63) is 28.8 Å². The van der Waals surface area contributed by atoms with Crippen molar-refractivity contribution in [3.63, 3.8) is 0 Å². The maximum Gasteiger partial charge on any atom is 0.340 e. The van der Waals surface area contributed by atoms with E-state index < -0.39 is 11.5 Å². The Hall–Kier alpha value is -0.776. The number of carbonyl (C=O) groups excluding carboxylic acids is 2. The topological polar surface area (TPSA) is 58.6 Å².